The molecule has 94 valence electrons. The van der Waals surface area contributed by atoms with Gasteiger partial charge in [0.05, 0.1) is 17.7 Å². The first-order valence-corrected chi connectivity index (χ1v) is 5.89. The summed E-state index contributed by atoms with van der Waals surface area (Å²) in [5.41, 5.74) is 5.40. The molecular weight excluding hydrogens is 240 g/mol. The minimum absolute atomic E-state index is 0.150. The Balaban J connectivity index is 2.17. The standard InChI is InChI=1S/C12H17ClN2O2/c1-9(14)12(16)15-7-4-8-17-11-6-3-2-5-10(11)13/h2-3,5-6,9H,4,7-8,14H2,1H3,(H,15,16). The van der Waals surface area contributed by atoms with Gasteiger partial charge in [-0.2, -0.15) is 0 Å². The van der Waals surface area contributed by atoms with Crippen molar-refractivity contribution in [2.24, 2.45) is 5.73 Å². The predicted molar refractivity (Wildman–Crippen MR) is 68.2 cm³/mol. The van der Waals surface area contributed by atoms with Crippen LogP contribution >= 0.6 is 11.6 Å². The highest BCUT2D eigenvalue weighted by atomic mass is 35.5. The fourth-order valence-corrected chi connectivity index (χ4v) is 1.38. The van der Waals surface area contributed by atoms with E-state index in [4.69, 9.17) is 22.1 Å². The fourth-order valence-electron chi connectivity index (χ4n) is 1.19. The van der Waals surface area contributed by atoms with E-state index >= 15 is 0 Å². The molecule has 0 aliphatic heterocycles. The van der Waals surface area contributed by atoms with Crippen LogP contribution in [0.2, 0.25) is 5.02 Å². The van der Waals surface area contributed by atoms with Gasteiger partial charge in [0.2, 0.25) is 5.91 Å². The Labute approximate surface area is 106 Å². The molecule has 0 saturated heterocycles. The Morgan fingerprint density at radius 3 is 2.88 bits per heavy atom. The summed E-state index contributed by atoms with van der Waals surface area (Å²) in [5.74, 6) is 0.510. The third-order valence-electron chi connectivity index (χ3n) is 2.13. The number of hydrogen-bond acceptors (Lipinski definition) is 3. The molecule has 0 aliphatic rings. The highest BCUT2D eigenvalue weighted by Crippen LogP contribution is 2.22. The lowest BCUT2D eigenvalue weighted by Crippen LogP contribution is -2.38. The van der Waals surface area contributed by atoms with Gasteiger partial charge in [0.15, 0.2) is 0 Å². The van der Waals surface area contributed by atoms with Crippen LogP contribution in [-0.4, -0.2) is 25.1 Å². The lowest BCUT2D eigenvalue weighted by atomic mass is 10.3. The first kappa shape index (κ1) is 13.8. The molecule has 1 atom stereocenters. The highest BCUT2D eigenvalue weighted by molar-refractivity contribution is 6.32. The molecule has 0 radical (unpaired) electrons. The van der Waals surface area contributed by atoms with Crippen LogP contribution in [-0.2, 0) is 4.79 Å². The number of ether oxygens (including phenoxy) is 1. The molecule has 1 rings (SSSR count). The number of halogens is 1. The van der Waals surface area contributed by atoms with Crippen molar-refractivity contribution in [2.75, 3.05) is 13.2 Å². The van der Waals surface area contributed by atoms with Crippen molar-refractivity contribution in [3.8, 4) is 5.75 Å². The average Bonchev–Trinajstić information content (AvgIpc) is 2.30. The van der Waals surface area contributed by atoms with Gasteiger partial charge in [0, 0.05) is 6.54 Å². The molecule has 17 heavy (non-hydrogen) atoms. The molecular formula is C12H17ClN2O2. The Morgan fingerprint density at radius 1 is 1.53 bits per heavy atom. The summed E-state index contributed by atoms with van der Waals surface area (Å²) in [7, 11) is 0. The van der Waals surface area contributed by atoms with E-state index in [-0.39, 0.29) is 5.91 Å². The number of amides is 1. The smallest absolute Gasteiger partial charge is 0.236 e. The van der Waals surface area contributed by atoms with Crippen LogP contribution in [0.5, 0.6) is 5.75 Å². The number of para-hydroxylation sites is 1. The second-order valence-electron chi connectivity index (χ2n) is 3.71. The van der Waals surface area contributed by atoms with Crippen LogP contribution in [0.4, 0.5) is 0 Å². The maximum atomic E-state index is 11.1. The minimum Gasteiger partial charge on any atom is -0.492 e. The Hall–Kier alpha value is -1.26. The molecule has 1 amide bonds. The number of nitrogens with one attached hydrogen (secondary N) is 1. The molecule has 0 aliphatic carbocycles. The average molecular weight is 257 g/mol. The van der Waals surface area contributed by atoms with E-state index in [0.717, 1.165) is 0 Å². The predicted octanol–water partition coefficient (Wildman–Crippen LogP) is 1.57. The molecule has 0 fully saturated rings. The van der Waals surface area contributed by atoms with Crippen LogP contribution in [0, 0.1) is 0 Å². The highest BCUT2D eigenvalue weighted by Gasteiger charge is 2.05. The molecule has 3 N–H and O–H groups in total. The molecule has 4 nitrogen and oxygen atoms in total. The fraction of sp³-hybridized carbons (Fsp3) is 0.417. The Kier molecular flexibility index (Phi) is 5.80. The van der Waals surface area contributed by atoms with Crippen molar-refractivity contribution in [3.05, 3.63) is 29.3 Å². The molecule has 0 spiro atoms. The number of carbonyl (C=O) groups is 1. The van der Waals surface area contributed by atoms with Crippen LogP contribution in [0.25, 0.3) is 0 Å². The third-order valence-corrected chi connectivity index (χ3v) is 2.44. The Bertz CT molecular complexity index is 369. The summed E-state index contributed by atoms with van der Waals surface area (Å²) in [4.78, 5) is 11.1. The molecule has 1 aromatic rings. The van der Waals surface area contributed by atoms with E-state index in [2.05, 4.69) is 5.32 Å². The number of benzene rings is 1. The summed E-state index contributed by atoms with van der Waals surface area (Å²) in [5, 5.41) is 3.30. The summed E-state index contributed by atoms with van der Waals surface area (Å²) >= 11 is 5.92. The van der Waals surface area contributed by atoms with Gasteiger partial charge >= 0.3 is 0 Å². The van der Waals surface area contributed by atoms with Gasteiger partial charge in [0.25, 0.3) is 0 Å². The minimum atomic E-state index is -0.473. The second kappa shape index (κ2) is 7.14. The lowest BCUT2D eigenvalue weighted by molar-refractivity contribution is -0.121. The summed E-state index contributed by atoms with van der Waals surface area (Å²) in [6.07, 6.45) is 0.712. The monoisotopic (exact) mass is 256 g/mol. The topological polar surface area (TPSA) is 64.4 Å². The van der Waals surface area contributed by atoms with Gasteiger partial charge in [-0.1, -0.05) is 23.7 Å². The third kappa shape index (κ3) is 5.06. The zero-order chi connectivity index (χ0) is 12.7. The second-order valence-corrected chi connectivity index (χ2v) is 4.12. The van der Waals surface area contributed by atoms with Crippen molar-refractivity contribution in [3.63, 3.8) is 0 Å². The molecule has 5 heteroatoms. The van der Waals surface area contributed by atoms with E-state index in [1.165, 1.54) is 0 Å². The SMILES string of the molecule is CC(N)C(=O)NCCCOc1ccccc1Cl. The zero-order valence-corrected chi connectivity index (χ0v) is 10.5. The summed E-state index contributed by atoms with van der Waals surface area (Å²) < 4.78 is 5.46. The van der Waals surface area contributed by atoms with Gasteiger partial charge in [-0.15, -0.1) is 0 Å². The van der Waals surface area contributed by atoms with Gasteiger partial charge in [-0.3, -0.25) is 4.79 Å². The van der Waals surface area contributed by atoms with Crippen molar-refractivity contribution in [2.45, 2.75) is 19.4 Å². The summed E-state index contributed by atoms with van der Waals surface area (Å²) in [6.45, 7) is 2.70. The van der Waals surface area contributed by atoms with Gasteiger partial charge in [-0.25, -0.2) is 0 Å². The number of nitrogens with two attached hydrogens (primary N) is 1. The van der Waals surface area contributed by atoms with E-state index in [1.54, 1.807) is 13.0 Å². The van der Waals surface area contributed by atoms with Crippen LogP contribution in [0.15, 0.2) is 24.3 Å². The maximum absolute atomic E-state index is 11.1. The van der Waals surface area contributed by atoms with E-state index < -0.39 is 6.04 Å². The quantitative estimate of drug-likeness (QED) is 0.760. The summed E-state index contributed by atoms with van der Waals surface area (Å²) in [6, 6.07) is 6.81. The molecule has 0 aromatic heterocycles. The number of carbonyl (C=O) groups excluding carboxylic acids is 1. The first-order valence-electron chi connectivity index (χ1n) is 5.52. The molecule has 0 heterocycles. The van der Waals surface area contributed by atoms with Crippen molar-refractivity contribution in [1.82, 2.24) is 5.32 Å². The number of hydrogen-bond donors (Lipinski definition) is 2. The molecule has 1 aromatic carbocycles. The normalized spacial score (nSPS) is 11.9. The lowest BCUT2D eigenvalue weighted by Gasteiger charge is -2.09. The van der Waals surface area contributed by atoms with Gasteiger partial charge in [0.1, 0.15) is 5.75 Å². The van der Waals surface area contributed by atoms with Crippen LogP contribution in [0.3, 0.4) is 0 Å². The van der Waals surface area contributed by atoms with E-state index in [0.29, 0.717) is 30.3 Å². The first-order chi connectivity index (χ1) is 8.11. The number of rotatable bonds is 6. The van der Waals surface area contributed by atoms with Gasteiger partial charge < -0.3 is 15.8 Å². The van der Waals surface area contributed by atoms with E-state index in [1.807, 2.05) is 18.2 Å². The largest absolute Gasteiger partial charge is 0.492 e. The zero-order valence-electron chi connectivity index (χ0n) is 9.78. The molecule has 0 saturated carbocycles. The van der Waals surface area contributed by atoms with E-state index in [9.17, 15) is 4.79 Å². The van der Waals surface area contributed by atoms with Gasteiger partial charge in [-0.05, 0) is 25.5 Å². The Morgan fingerprint density at radius 2 is 2.24 bits per heavy atom. The molecule has 1 unspecified atom stereocenters. The van der Waals surface area contributed by atoms with Crippen LogP contribution in [0.1, 0.15) is 13.3 Å². The van der Waals surface area contributed by atoms with Crippen molar-refractivity contribution >= 4 is 17.5 Å². The van der Waals surface area contributed by atoms with Crippen molar-refractivity contribution in [1.29, 1.82) is 0 Å². The maximum Gasteiger partial charge on any atom is 0.236 e. The van der Waals surface area contributed by atoms with Crippen LogP contribution < -0.4 is 15.8 Å². The molecule has 0 bridgehead atoms. The van der Waals surface area contributed by atoms with Crippen molar-refractivity contribution < 1.29 is 9.53 Å².